The van der Waals surface area contributed by atoms with E-state index in [-0.39, 0.29) is 18.1 Å². The summed E-state index contributed by atoms with van der Waals surface area (Å²) in [7, 11) is 0. The van der Waals surface area contributed by atoms with E-state index in [1.54, 1.807) is 0 Å². The minimum Gasteiger partial charge on any atom is -0.330 e. The van der Waals surface area contributed by atoms with Crippen molar-refractivity contribution >= 4 is 5.78 Å². The van der Waals surface area contributed by atoms with E-state index in [4.69, 9.17) is 5.73 Å². The Balaban J connectivity index is 2.61. The second-order valence-corrected chi connectivity index (χ2v) is 4.25. The van der Waals surface area contributed by atoms with Crippen molar-refractivity contribution in [1.29, 1.82) is 0 Å². The molecule has 0 saturated heterocycles. The van der Waals surface area contributed by atoms with Gasteiger partial charge in [0.1, 0.15) is 17.4 Å². The number of rotatable bonds is 6. The highest BCUT2D eigenvalue weighted by Crippen LogP contribution is 2.13. The van der Waals surface area contributed by atoms with Gasteiger partial charge in [0.25, 0.3) is 0 Å². The summed E-state index contributed by atoms with van der Waals surface area (Å²) in [4.78, 5) is 11.8. The molecule has 1 unspecified atom stereocenters. The number of carbonyl (C=O) groups excluding carboxylic acids is 1. The third-order valence-electron chi connectivity index (χ3n) is 2.69. The molecular formula is C13H17F2NO. The molecule has 1 atom stereocenters. The summed E-state index contributed by atoms with van der Waals surface area (Å²) >= 11 is 0. The molecule has 0 fully saturated rings. The number of ketones is 1. The maximum atomic E-state index is 12.9. The molecule has 0 bridgehead atoms. The normalized spacial score (nSPS) is 12.5. The Morgan fingerprint density at radius 2 is 1.88 bits per heavy atom. The van der Waals surface area contributed by atoms with Crippen molar-refractivity contribution in [1.82, 2.24) is 0 Å². The lowest BCUT2D eigenvalue weighted by molar-refractivity contribution is -0.121. The van der Waals surface area contributed by atoms with Gasteiger partial charge in [-0.2, -0.15) is 0 Å². The van der Waals surface area contributed by atoms with Gasteiger partial charge in [-0.1, -0.05) is 6.92 Å². The Morgan fingerprint density at radius 3 is 2.41 bits per heavy atom. The number of nitrogens with two attached hydrogens (primary N) is 1. The van der Waals surface area contributed by atoms with E-state index in [2.05, 4.69) is 0 Å². The van der Waals surface area contributed by atoms with Crippen molar-refractivity contribution in [2.24, 2.45) is 11.7 Å². The van der Waals surface area contributed by atoms with Gasteiger partial charge >= 0.3 is 0 Å². The fourth-order valence-electron chi connectivity index (χ4n) is 1.67. The van der Waals surface area contributed by atoms with Gasteiger partial charge in [-0.3, -0.25) is 4.79 Å². The van der Waals surface area contributed by atoms with Crippen LogP contribution in [-0.4, -0.2) is 12.3 Å². The van der Waals surface area contributed by atoms with Crippen molar-refractivity contribution < 1.29 is 13.6 Å². The molecule has 0 amide bonds. The Labute approximate surface area is 99.8 Å². The zero-order valence-corrected chi connectivity index (χ0v) is 9.88. The summed E-state index contributed by atoms with van der Waals surface area (Å²) in [5, 5.41) is 0. The molecule has 0 saturated carbocycles. The molecule has 17 heavy (non-hydrogen) atoms. The van der Waals surface area contributed by atoms with E-state index in [9.17, 15) is 13.6 Å². The Hall–Kier alpha value is -1.29. The molecule has 2 N–H and O–H groups in total. The molecule has 0 aliphatic heterocycles. The Morgan fingerprint density at radius 1 is 1.29 bits per heavy atom. The lowest BCUT2D eigenvalue weighted by Crippen LogP contribution is -2.15. The van der Waals surface area contributed by atoms with E-state index in [0.717, 1.165) is 12.5 Å². The van der Waals surface area contributed by atoms with Crippen LogP contribution in [0.15, 0.2) is 18.2 Å². The molecule has 1 aromatic rings. The van der Waals surface area contributed by atoms with Gasteiger partial charge in [0.05, 0.1) is 0 Å². The van der Waals surface area contributed by atoms with E-state index in [1.165, 1.54) is 12.1 Å². The number of hydrogen-bond acceptors (Lipinski definition) is 2. The monoisotopic (exact) mass is 241 g/mol. The third kappa shape index (κ3) is 4.61. The Bertz CT molecular complexity index is 373. The third-order valence-corrected chi connectivity index (χ3v) is 2.69. The first-order valence-electron chi connectivity index (χ1n) is 5.70. The maximum absolute atomic E-state index is 12.9. The number of carbonyl (C=O) groups is 1. The summed E-state index contributed by atoms with van der Waals surface area (Å²) in [6.45, 7) is 2.36. The fourth-order valence-corrected chi connectivity index (χ4v) is 1.67. The number of halogens is 2. The van der Waals surface area contributed by atoms with Gasteiger partial charge < -0.3 is 5.73 Å². The van der Waals surface area contributed by atoms with Gasteiger partial charge in [-0.15, -0.1) is 0 Å². The molecule has 1 rings (SSSR count). The topological polar surface area (TPSA) is 43.1 Å². The molecule has 0 spiro atoms. The fraction of sp³-hybridized carbons (Fsp3) is 0.462. The summed E-state index contributed by atoms with van der Waals surface area (Å²) in [6.07, 6.45) is 1.57. The molecule has 0 radical (unpaired) electrons. The molecule has 0 heterocycles. The van der Waals surface area contributed by atoms with Crippen LogP contribution in [0.25, 0.3) is 0 Å². The van der Waals surface area contributed by atoms with Gasteiger partial charge in [0.2, 0.25) is 0 Å². The number of benzene rings is 1. The predicted molar refractivity (Wildman–Crippen MR) is 62.5 cm³/mol. The zero-order chi connectivity index (χ0) is 12.8. The van der Waals surface area contributed by atoms with Gasteiger partial charge in [0.15, 0.2) is 0 Å². The first-order chi connectivity index (χ1) is 8.02. The zero-order valence-electron chi connectivity index (χ0n) is 9.88. The summed E-state index contributed by atoms with van der Waals surface area (Å²) < 4.78 is 25.8. The quantitative estimate of drug-likeness (QED) is 0.831. The van der Waals surface area contributed by atoms with Crippen LogP contribution >= 0.6 is 0 Å². The number of Topliss-reactive ketones (excluding diaryl/α,β-unsaturated/α-hetero) is 1. The van der Waals surface area contributed by atoms with E-state index < -0.39 is 11.6 Å². The molecular weight excluding hydrogens is 224 g/mol. The van der Waals surface area contributed by atoms with E-state index in [0.29, 0.717) is 18.5 Å². The first-order valence-corrected chi connectivity index (χ1v) is 5.70. The van der Waals surface area contributed by atoms with Crippen LogP contribution in [0.5, 0.6) is 0 Å². The smallest absolute Gasteiger partial charge is 0.140 e. The molecule has 94 valence electrons. The van der Waals surface area contributed by atoms with Crippen molar-refractivity contribution in [2.75, 3.05) is 6.54 Å². The van der Waals surface area contributed by atoms with Crippen LogP contribution in [0.3, 0.4) is 0 Å². The van der Waals surface area contributed by atoms with Crippen LogP contribution < -0.4 is 5.73 Å². The highest BCUT2D eigenvalue weighted by molar-refractivity contribution is 5.82. The van der Waals surface area contributed by atoms with Crippen LogP contribution in [-0.2, 0) is 11.2 Å². The standard InChI is InChI=1S/C13H17F2NO/c1-9(3-2-4-16)13(17)7-10-5-11(14)8-12(15)6-10/h5-6,8-9H,2-4,7,16H2,1H3. The van der Waals surface area contributed by atoms with E-state index >= 15 is 0 Å². The molecule has 1 aromatic carbocycles. The maximum Gasteiger partial charge on any atom is 0.140 e. The second kappa shape index (κ2) is 6.45. The largest absolute Gasteiger partial charge is 0.330 e. The average molecular weight is 241 g/mol. The lowest BCUT2D eigenvalue weighted by atomic mass is 9.95. The SMILES string of the molecule is CC(CCCN)C(=O)Cc1cc(F)cc(F)c1. The second-order valence-electron chi connectivity index (χ2n) is 4.25. The molecule has 0 aliphatic carbocycles. The summed E-state index contributed by atoms with van der Waals surface area (Å²) in [5.74, 6) is -1.43. The Kier molecular flexibility index (Phi) is 5.22. The minimum absolute atomic E-state index is 0.0107. The van der Waals surface area contributed by atoms with Crippen LogP contribution in [0.4, 0.5) is 8.78 Å². The van der Waals surface area contributed by atoms with Crippen molar-refractivity contribution in [3.8, 4) is 0 Å². The highest BCUT2D eigenvalue weighted by atomic mass is 19.1. The van der Waals surface area contributed by atoms with Crippen molar-refractivity contribution in [3.05, 3.63) is 35.4 Å². The summed E-state index contributed by atoms with van der Waals surface area (Å²) in [5.41, 5.74) is 5.74. The minimum atomic E-state index is -0.651. The summed E-state index contributed by atoms with van der Waals surface area (Å²) in [6, 6.07) is 3.18. The predicted octanol–water partition coefficient (Wildman–Crippen LogP) is 2.45. The van der Waals surface area contributed by atoms with Gasteiger partial charge in [-0.25, -0.2) is 8.78 Å². The van der Waals surface area contributed by atoms with Crippen LogP contribution in [0.2, 0.25) is 0 Å². The van der Waals surface area contributed by atoms with Crippen LogP contribution in [0.1, 0.15) is 25.3 Å². The van der Waals surface area contributed by atoms with Crippen molar-refractivity contribution in [2.45, 2.75) is 26.2 Å². The first kappa shape index (κ1) is 13.8. The number of hydrogen-bond donors (Lipinski definition) is 1. The van der Waals surface area contributed by atoms with Crippen molar-refractivity contribution in [3.63, 3.8) is 0 Å². The van der Waals surface area contributed by atoms with Gasteiger partial charge in [-0.05, 0) is 37.1 Å². The molecule has 4 heteroatoms. The van der Waals surface area contributed by atoms with Gasteiger partial charge in [0, 0.05) is 18.4 Å². The molecule has 0 aromatic heterocycles. The van der Waals surface area contributed by atoms with Crippen LogP contribution in [0, 0.1) is 17.6 Å². The lowest BCUT2D eigenvalue weighted by Gasteiger charge is -2.09. The highest BCUT2D eigenvalue weighted by Gasteiger charge is 2.13. The average Bonchev–Trinajstić information content (AvgIpc) is 2.24. The van der Waals surface area contributed by atoms with E-state index in [1.807, 2.05) is 6.92 Å². The molecule has 0 aliphatic rings. The molecule has 2 nitrogen and oxygen atoms in total.